The van der Waals surface area contributed by atoms with Crippen molar-refractivity contribution in [3.8, 4) is 0 Å². The second kappa shape index (κ2) is 7.72. The minimum Gasteiger partial charge on any atom is -0.480 e. The normalized spacial score (nSPS) is 19.6. The van der Waals surface area contributed by atoms with Gasteiger partial charge in [-0.3, -0.25) is 9.69 Å². The number of halogens is 3. The highest BCUT2D eigenvalue weighted by Crippen LogP contribution is 2.37. The van der Waals surface area contributed by atoms with Crippen LogP contribution in [0.4, 0.5) is 13.2 Å². The Hall–Kier alpha value is -2.34. The maximum absolute atomic E-state index is 13.2. The summed E-state index contributed by atoms with van der Waals surface area (Å²) in [6.45, 7) is 2.47. The lowest BCUT2D eigenvalue weighted by atomic mass is 9.90. The molecule has 2 aromatic carbocycles. The third kappa shape index (κ3) is 4.33. The maximum atomic E-state index is 13.2. The second-order valence-corrected chi connectivity index (χ2v) is 7.02. The maximum Gasteiger partial charge on any atom is 0.416 e. The number of likely N-dealkylation sites (tertiary alicyclic amines) is 1. The summed E-state index contributed by atoms with van der Waals surface area (Å²) in [6.07, 6.45) is -2.32. The number of carboxylic acid groups (broad SMARTS) is 1. The van der Waals surface area contributed by atoms with Gasteiger partial charge < -0.3 is 5.11 Å². The molecule has 0 aliphatic carbocycles. The second-order valence-electron chi connectivity index (χ2n) is 7.02. The average Bonchev–Trinajstić information content (AvgIpc) is 2.63. The van der Waals surface area contributed by atoms with Crippen molar-refractivity contribution in [2.45, 2.75) is 44.4 Å². The van der Waals surface area contributed by atoms with Gasteiger partial charge in [0, 0.05) is 0 Å². The van der Waals surface area contributed by atoms with Gasteiger partial charge in [0.25, 0.3) is 0 Å². The predicted molar refractivity (Wildman–Crippen MR) is 96.4 cm³/mol. The van der Waals surface area contributed by atoms with Crippen LogP contribution in [0.2, 0.25) is 0 Å². The van der Waals surface area contributed by atoms with E-state index in [2.05, 4.69) is 0 Å². The van der Waals surface area contributed by atoms with Gasteiger partial charge in [-0.25, -0.2) is 0 Å². The first-order chi connectivity index (χ1) is 12.8. The van der Waals surface area contributed by atoms with E-state index in [1.807, 2.05) is 36.1 Å². The molecule has 0 saturated carbocycles. The number of nitrogens with zero attached hydrogens (tertiary/aromatic N) is 1. The van der Waals surface area contributed by atoms with Gasteiger partial charge >= 0.3 is 12.1 Å². The zero-order valence-electron chi connectivity index (χ0n) is 15.0. The molecule has 6 heteroatoms. The lowest BCUT2D eigenvalue weighted by molar-refractivity contribution is -0.145. The quantitative estimate of drug-likeness (QED) is 0.811. The van der Waals surface area contributed by atoms with Crippen LogP contribution in [0.5, 0.6) is 0 Å². The Morgan fingerprint density at radius 1 is 1.11 bits per heavy atom. The summed E-state index contributed by atoms with van der Waals surface area (Å²) in [5, 5.41) is 9.66. The molecule has 0 aromatic heterocycles. The molecule has 1 N–H and O–H groups in total. The molecule has 2 aromatic rings. The van der Waals surface area contributed by atoms with Crippen LogP contribution in [-0.2, 0) is 11.0 Å². The highest BCUT2D eigenvalue weighted by molar-refractivity contribution is 5.73. The van der Waals surface area contributed by atoms with Crippen molar-refractivity contribution < 1.29 is 23.1 Å². The first-order valence-electron chi connectivity index (χ1n) is 8.99. The number of benzene rings is 2. The van der Waals surface area contributed by atoms with Crippen molar-refractivity contribution in [1.82, 2.24) is 4.90 Å². The fourth-order valence-corrected chi connectivity index (χ4v) is 3.74. The number of rotatable bonds is 4. The molecule has 1 heterocycles. The van der Waals surface area contributed by atoms with Crippen LogP contribution in [0.1, 0.15) is 47.6 Å². The van der Waals surface area contributed by atoms with Crippen LogP contribution < -0.4 is 0 Å². The van der Waals surface area contributed by atoms with E-state index in [-0.39, 0.29) is 0 Å². The Morgan fingerprint density at radius 3 is 2.44 bits per heavy atom. The summed E-state index contributed by atoms with van der Waals surface area (Å²) < 4.78 is 39.7. The molecule has 2 unspecified atom stereocenters. The van der Waals surface area contributed by atoms with E-state index in [0.29, 0.717) is 18.5 Å². The van der Waals surface area contributed by atoms with Gasteiger partial charge in [-0.05, 0) is 49.6 Å². The molecule has 1 saturated heterocycles. The van der Waals surface area contributed by atoms with E-state index >= 15 is 0 Å². The van der Waals surface area contributed by atoms with Crippen molar-refractivity contribution in [1.29, 1.82) is 0 Å². The van der Waals surface area contributed by atoms with Crippen LogP contribution >= 0.6 is 0 Å². The van der Waals surface area contributed by atoms with Gasteiger partial charge in [0.05, 0.1) is 11.6 Å². The molecule has 0 radical (unpaired) electrons. The molecule has 1 fully saturated rings. The number of carboxylic acids is 1. The van der Waals surface area contributed by atoms with Crippen molar-refractivity contribution in [2.75, 3.05) is 6.54 Å². The van der Waals surface area contributed by atoms with Crippen LogP contribution in [0.3, 0.4) is 0 Å². The van der Waals surface area contributed by atoms with Crippen LogP contribution in [0, 0.1) is 6.92 Å². The monoisotopic (exact) mass is 377 g/mol. The van der Waals surface area contributed by atoms with Crippen molar-refractivity contribution in [3.05, 3.63) is 70.8 Å². The number of alkyl halides is 3. The Balaban J connectivity index is 2.10. The third-order valence-electron chi connectivity index (χ3n) is 5.08. The highest BCUT2D eigenvalue weighted by atomic mass is 19.4. The van der Waals surface area contributed by atoms with Crippen molar-refractivity contribution >= 4 is 5.97 Å². The molecule has 0 bridgehead atoms. The average molecular weight is 377 g/mol. The molecule has 3 rings (SSSR count). The SMILES string of the molecule is Cc1ccc(C(c2cccc(C(F)(F)F)c2)N2CCCCC2C(=O)O)cc1. The van der Waals surface area contributed by atoms with E-state index in [0.717, 1.165) is 36.1 Å². The van der Waals surface area contributed by atoms with E-state index in [1.165, 1.54) is 6.07 Å². The zero-order valence-corrected chi connectivity index (χ0v) is 15.0. The van der Waals surface area contributed by atoms with Gasteiger partial charge in [0.2, 0.25) is 0 Å². The van der Waals surface area contributed by atoms with Gasteiger partial charge in [-0.15, -0.1) is 0 Å². The van der Waals surface area contributed by atoms with Crippen molar-refractivity contribution in [3.63, 3.8) is 0 Å². The highest BCUT2D eigenvalue weighted by Gasteiger charge is 2.36. The fraction of sp³-hybridized carbons (Fsp3) is 0.381. The predicted octanol–water partition coefficient (Wildman–Crippen LogP) is 5.04. The third-order valence-corrected chi connectivity index (χ3v) is 5.08. The number of hydrogen-bond donors (Lipinski definition) is 1. The summed E-state index contributed by atoms with van der Waals surface area (Å²) in [6, 6.07) is 11.5. The number of piperidine rings is 1. The molecule has 27 heavy (non-hydrogen) atoms. The summed E-state index contributed by atoms with van der Waals surface area (Å²) in [5.41, 5.74) is 1.57. The molecular formula is C21H22F3NO2. The standard InChI is InChI=1S/C21H22F3NO2/c1-14-8-10-15(11-9-14)19(25-12-3-2-7-18(25)20(26)27)16-5-4-6-17(13-16)21(22,23)24/h4-6,8-11,13,18-19H,2-3,7,12H2,1H3,(H,26,27). The van der Waals surface area contributed by atoms with Crippen LogP contribution in [0.15, 0.2) is 48.5 Å². The van der Waals surface area contributed by atoms with Gasteiger partial charge in [0.15, 0.2) is 0 Å². The van der Waals surface area contributed by atoms with Crippen LogP contribution in [-0.4, -0.2) is 28.6 Å². The molecule has 0 amide bonds. The summed E-state index contributed by atoms with van der Waals surface area (Å²) in [7, 11) is 0. The number of hydrogen-bond acceptors (Lipinski definition) is 2. The Morgan fingerprint density at radius 2 is 1.81 bits per heavy atom. The van der Waals surface area contributed by atoms with Gasteiger partial charge in [0.1, 0.15) is 6.04 Å². The molecule has 0 spiro atoms. The first-order valence-corrected chi connectivity index (χ1v) is 8.99. The molecular weight excluding hydrogens is 355 g/mol. The molecule has 1 aliphatic heterocycles. The number of aliphatic carboxylic acids is 1. The summed E-state index contributed by atoms with van der Waals surface area (Å²) >= 11 is 0. The zero-order chi connectivity index (χ0) is 19.6. The number of carbonyl (C=O) groups is 1. The molecule has 144 valence electrons. The lowest BCUT2D eigenvalue weighted by Crippen LogP contribution is -2.46. The van der Waals surface area contributed by atoms with Crippen LogP contribution in [0.25, 0.3) is 0 Å². The smallest absolute Gasteiger partial charge is 0.416 e. The number of aryl methyl sites for hydroxylation is 1. The van der Waals surface area contributed by atoms with E-state index < -0.39 is 29.8 Å². The molecule has 1 aliphatic rings. The van der Waals surface area contributed by atoms with E-state index in [9.17, 15) is 23.1 Å². The van der Waals surface area contributed by atoms with E-state index in [1.54, 1.807) is 6.07 Å². The minimum atomic E-state index is -4.44. The Kier molecular flexibility index (Phi) is 5.56. The summed E-state index contributed by atoms with van der Waals surface area (Å²) in [4.78, 5) is 13.6. The molecule has 2 atom stereocenters. The fourth-order valence-electron chi connectivity index (χ4n) is 3.74. The molecule has 3 nitrogen and oxygen atoms in total. The largest absolute Gasteiger partial charge is 0.480 e. The topological polar surface area (TPSA) is 40.5 Å². The lowest BCUT2D eigenvalue weighted by Gasteiger charge is -2.39. The van der Waals surface area contributed by atoms with Crippen molar-refractivity contribution in [2.24, 2.45) is 0 Å². The van der Waals surface area contributed by atoms with Gasteiger partial charge in [-0.2, -0.15) is 13.2 Å². The Labute approximate surface area is 156 Å². The van der Waals surface area contributed by atoms with Gasteiger partial charge in [-0.1, -0.05) is 48.4 Å². The first kappa shape index (κ1) is 19.4. The summed E-state index contributed by atoms with van der Waals surface area (Å²) in [5.74, 6) is -0.932. The minimum absolute atomic E-state index is 0.460. The Bertz CT molecular complexity index is 802. The van der Waals surface area contributed by atoms with E-state index in [4.69, 9.17) is 0 Å².